The van der Waals surface area contributed by atoms with Crippen molar-refractivity contribution in [2.24, 2.45) is 0 Å². The molecule has 0 fully saturated rings. The van der Waals surface area contributed by atoms with Gasteiger partial charge in [0.15, 0.2) is 5.82 Å². The molecule has 0 radical (unpaired) electrons. The molecule has 0 aliphatic carbocycles. The molecular formula is C18H16BrCl2N3O2S. The van der Waals surface area contributed by atoms with Crippen molar-refractivity contribution in [2.75, 3.05) is 4.72 Å². The molecule has 0 unspecified atom stereocenters. The van der Waals surface area contributed by atoms with Crippen LogP contribution in [-0.4, -0.2) is 18.2 Å². The molecule has 5 nitrogen and oxygen atoms in total. The van der Waals surface area contributed by atoms with Gasteiger partial charge in [0.2, 0.25) is 0 Å². The Morgan fingerprint density at radius 1 is 1.15 bits per heavy atom. The third-order valence-corrected chi connectivity index (χ3v) is 6.58. The Bertz CT molecular complexity index is 1110. The van der Waals surface area contributed by atoms with Crippen LogP contribution in [0, 0.1) is 13.8 Å². The van der Waals surface area contributed by atoms with E-state index in [1.54, 1.807) is 48.1 Å². The summed E-state index contributed by atoms with van der Waals surface area (Å²) in [4.78, 5) is 0.227. The lowest BCUT2D eigenvalue weighted by Gasteiger charge is -2.10. The maximum atomic E-state index is 12.8. The van der Waals surface area contributed by atoms with Crippen LogP contribution in [0.3, 0.4) is 0 Å². The van der Waals surface area contributed by atoms with E-state index in [0.29, 0.717) is 26.6 Å². The highest BCUT2D eigenvalue weighted by molar-refractivity contribution is 9.10. The Morgan fingerprint density at radius 3 is 2.59 bits per heavy atom. The first kappa shape index (κ1) is 20.2. The summed E-state index contributed by atoms with van der Waals surface area (Å²) in [6, 6.07) is 10.5. The molecule has 1 heterocycles. The van der Waals surface area contributed by atoms with Crippen molar-refractivity contribution < 1.29 is 8.42 Å². The van der Waals surface area contributed by atoms with Crippen LogP contribution in [0.2, 0.25) is 10.0 Å². The first-order valence-corrected chi connectivity index (χ1v) is 11.0. The number of nitrogens with zero attached hydrogens (tertiary/aromatic N) is 2. The van der Waals surface area contributed by atoms with Gasteiger partial charge in [-0.05, 0) is 64.7 Å². The van der Waals surface area contributed by atoms with Gasteiger partial charge in [0.1, 0.15) is 0 Å². The van der Waals surface area contributed by atoms with Crippen molar-refractivity contribution in [1.29, 1.82) is 0 Å². The van der Waals surface area contributed by atoms with Gasteiger partial charge < -0.3 is 0 Å². The minimum Gasteiger partial charge on any atom is -0.265 e. The van der Waals surface area contributed by atoms with E-state index in [1.165, 1.54) is 0 Å². The van der Waals surface area contributed by atoms with Gasteiger partial charge in [-0.25, -0.2) is 8.42 Å². The van der Waals surface area contributed by atoms with Crippen molar-refractivity contribution in [3.05, 3.63) is 73.8 Å². The largest absolute Gasteiger partial charge is 0.265 e. The molecule has 1 aromatic heterocycles. The second kappa shape index (κ2) is 7.83. The number of benzene rings is 2. The Kier molecular flexibility index (Phi) is 5.86. The number of halogens is 3. The zero-order valence-electron chi connectivity index (χ0n) is 14.5. The van der Waals surface area contributed by atoms with Crippen molar-refractivity contribution >= 4 is 55.0 Å². The molecule has 0 bridgehead atoms. The molecule has 0 aliphatic rings. The predicted molar refractivity (Wildman–Crippen MR) is 112 cm³/mol. The van der Waals surface area contributed by atoms with Gasteiger partial charge in [-0.3, -0.25) is 9.40 Å². The normalized spacial score (nSPS) is 11.6. The second-order valence-electron chi connectivity index (χ2n) is 6.13. The fourth-order valence-corrected chi connectivity index (χ4v) is 4.91. The molecule has 0 saturated heterocycles. The molecule has 0 amide bonds. The van der Waals surface area contributed by atoms with Gasteiger partial charge >= 0.3 is 0 Å². The van der Waals surface area contributed by atoms with E-state index >= 15 is 0 Å². The van der Waals surface area contributed by atoms with Crippen LogP contribution in [-0.2, 0) is 16.6 Å². The smallest absolute Gasteiger partial charge is 0.263 e. The second-order valence-corrected chi connectivity index (χ2v) is 9.48. The number of sulfonamides is 1. The third-order valence-electron chi connectivity index (χ3n) is 3.93. The summed E-state index contributed by atoms with van der Waals surface area (Å²) in [6.45, 7) is 3.98. The summed E-state index contributed by atoms with van der Waals surface area (Å²) in [6.07, 6.45) is 1.69. The number of rotatable bonds is 5. The van der Waals surface area contributed by atoms with Gasteiger partial charge in [0, 0.05) is 16.2 Å². The van der Waals surface area contributed by atoms with E-state index in [1.807, 2.05) is 13.0 Å². The van der Waals surface area contributed by atoms with E-state index in [0.717, 1.165) is 11.1 Å². The summed E-state index contributed by atoms with van der Waals surface area (Å²) >= 11 is 15.5. The SMILES string of the molecule is Cc1ccc(C)c(S(=O)(=O)Nc2nn(Cc3ccc(Cl)cc3Cl)cc2Br)c1. The van der Waals surface area contributed by atoms with E-state index in [-0.39, 0.29) is 10.7 Å². The fourth-order valence-electron chi connectivity index (χ4n) is 2.55. The van der Waals surface area contributed by atoms with Crippen LogP contribution in [0.15, 0.2) is 52.0 Å². The summed E-state index contributed by atoms with van der Waals surface area (Å²) < 4.78 is 30.2. The molecule has 0 saturated carbocycles. The summed E-state index contributed by atoms with van der Waals surface area (Å²) in [5.41, 5.74) is 2.35. The van der Waals surface area contributed by atoms with E-state index in [9.17, 15) is 8.42 Å². The first-order valence-electron chi connectivity index (χ1n) is 7.92. The number of hydrogen-bond donors (Lipinski definition) is 1. The predicted octanol–water partition coefficient (Wildman–Crippen LogP) is 5.42. The fraction of sp³-hybridized carbons (Fsp3) is 0.167. The van der Waals surface area contributed by atoms with Crippen molar-refractivity contribution in [3.8, 4) is 0 Å². The molecule has 9 heteroatoms. The van der Waals surface area contributed by atoms with Crippen molar-refractivity contribution in [2.45, 2.75) is 25.3 Å². The highest BCUT2D eigenvalue weighted by atomic mass is 79.9. The average molecular weight is 489 g/mol. The molecule has 0 atom stereocenters. The van der Waals surface area contributed by atoms with Crippen LogP contribution in [0.25, 0.3) is 0 Å². The third kappa shape index (κ3) is 4.66. The molecule has 142 valence electrons. The highest BCUT2D eigenvalue weighted by Crippen LogP contribution is 2.27. The molecule has 3 rings (SSSR count). The lowest BCUT2D eigenvalue weighted by atomic mass is 10.2. The molecule has 1 N–H and O–H groups in total. The number of nitrogens with one attached hydrogen (secondary N) is 1. The lowest BCUT2D eigenvalue weighted by Crippen LogP contribution is -2.15. The topological polar surface area (TPSA) is 64.0 Å². The van der Waals surface area contributed by atoms with Crippen LogP contribution < -0.4 is 4.72 Å². The number of hydrogen-bond acceptors (Lipinski definition) is 3. The van der Waals surface area contributed by atoms with Gasteiger partial charge in [0.05, 0.1) is 15.9 Å². The van der Waals surface area contributed by atoms with E-state index < -0.39 is 10.0 Å². The van der Waals surface area contributed by atoms with E-state index in [2.05, 4.69) is 25.8 Å². The van der Waals surface area contributed by atoms with Gasteiger partial charge in [-0.1, -0.05) is 41.4 Å². The monoisotopic (exact) mass is 487 g/mol. The van der Waals surface area contributed by atoms with Gasteiger partial charge in [0.25, 0.3) is 10.0 Å². The summed E-state index contributed by atoms with van der Waals surface area (Å²) in [5.74, 6) is 0.209. The Labute approximate surface area is 176 Å². The van der Waals surface area contributed by atoms with Gasteiger partial charge in [-0.2, -0.15) is 5.10 Å². The molecule has 2 aromatic carbocycles. The highest BCUT2D eigenvalue weighted by Gasteiger charge is 2.20. The Balaban J connectivity index is 1.87. The van der Waals surface area contributed by atoms with E-state index in [4.69, 9.17) is 23.2 Å². The van der Waals surface area contributed by atoms with Gasteiger partial charge in [-0.15, -0.1) is 0 Å². The zero-order chi connectivity index (χ0) is 19.8. The molecule has 0 spiro atoms. The standard InChI is InChI=1S/C18H16BrCl2N3O2S/c1-11-3-4-12(2)17(7-11)27(25,26)23-18-15(19)10-24(22-18)9-13-5-6-14(20)8-16(13)21/h3-8,10H,9H2,1-2H3,(H,22,23). The lowest BCUT2D eigenvalue weighted by molar-refractivity contribution is 0.600. The number of aromatic nitrogens is 2. The Hall–Kier alpha value is -1.54. The molecule has 0 aliphatic heterocycles. The number of aryl methyl sites for hydroxylation is 2. The average Bonchev–Trinajstić information content (AvgIpc) is 2.91. The maximum absolute atomic E-state index is 12.8. The van der Waals surface area contributed by atoms with Crippen molar-refractivity contribution in [3.63, 3.8) is 0 Å². The maximum Gasteiger partial charge on any atom is 0.263 e. The van der Waals surface area contributed by atoms with Crippen LogP contribution in [0.4, 0.5) is 5.82 Å². The minimum absolute atomic E-state index is 0.209. The van der Waals surface area contributed by atoms with Crippen LogP contribution in [0.1, 0.15) is 16.7 Å². The summed E-state index contributed by atoms with van der Waals surface area (Å²) in [5, 5.41) is 5.39. The molecule has 27 heavy (non-hydrogen) atoms. The summed E-state index contributed by atoms with van der Waals surface area (Å²) in [7, 11) is -3.76. The zero-order valence-corrected chi connectivity index (χ0v) is 18.4. The quantitative estimate of drug-likeness (QED) is 0.521. The van der Waals surface area contributed by atoms with Crippen LogP contribution in [0.5, 0.6) is 0 Å². The molecule has 3 aromatic rings. The number of anilines is 1. The van der Waals surface area contributed by atoms with Crippen LogP contribution >= 0.6 is 39.1 Å². The molecular weight excluding hydrogens is 473 g/mol. The van der Waals surface area contributed by atoms with Crippen molar-refractivity contribution in [1.82, 2.24) is 9.78 Å². The first-order chi connectivity index (χ1) is 12.7. The Morgan fingerprint density at radius 2 is 1.89 bits per heavy atom. The minimum atomic E-state index is -3.76.